The SMILES string of the molecule is CN1CC(C(=O)Cc2ccc(C(F)(F)F)cc2)C2(CCC(c3ccnc4ccc(F)cc34)CC2)C1. The Morgan fingerprint density at radius 3 is 2.49 bits per heavy atom. The van der Waals surface area contributed by atoms with E-state index in [1.807, 2.05) is 13.1 Å². The smallest absolute Gasteiger partial charge is 0.305 e. The summed E-state index contributed by atoms with van der Waals surface area (Å²) < 4.78 is 52.6. The van der Waals surface area contributed by atoms with Gasteiger partial charge in [0.1, 0.15) is 11.6 Å². The molecule has 0 amide bonds. The summed E-state index contributed by atoms with van der Waals surface area (Å²) in [7, 11) is 2.03. The number of aromatic nitrogens is 1. The number of hydrogen-bond donors (Lipinski definition) is 0. The highest BCUT2D eigenvalue weighted by molar-refractivity contribution is 5.85. The van der Waals surface area contributed by atoms with E-state index in [2.05, 4.69) is 9.88 Å². The predicted octanol–water partition coefficient (Wildman–Crippen LogP) is 6.41. The molecule has 0 bridgehead atoms. The highest BCUT2D eigenvalue weighted by atomic mass is 19.4. The Morgan fingerprint density at radius 1 is 1.09 bits per heavy atom. The van der Waals surface area contributed by atoms with Gasteiger partial charge in [-0.2, -0.15) is 13.2 Å². The molecule has 1 spiro atoms. The molecule has 1 unspecified atom stereocenters. The first kappa shape index (κ1) is 23.9. The molecule has 3 nitrogen and oxygen atoms in total. The largest absolute Gasteiger partial charge is 0.416 e. The third kappa shape index (κ3) is 4.70. The number of nitrogens with zero attached hydrogens (tertiary/aromatic N) is 2. The maximum absolute atomic E-state index is 13.9. The van der Waals surface area contributed by atoms with Gasteiger partial charge in [0.25, 0.3) is 0 Å². The van der Waals surface area contributed by atoms with Crippen LogP contribution in [0, 0.1) is 17.2 Å². The van der Waals surface area contributed by atoms with Crippen LogP contribution >= 0.6 is 0 Å². The number of Topliss-reactive ketones (excluding diaryl/α,β-unsaturated/α-hetero) is 1. The summed E-state index contributed by atoms with van der Waals surface area (Å²) in [5.41, 5.74) is 1.69. The lowest BCUT2D eigenvalue weighted by Crippen LogP contribution is -2.38. The Hall–Kier alpha value is -2.80. The number of fused-ring (bicyclic) bond motifs is 1. The number of halogens is 4. The van der Waals surface area contributed by atoms with Crippen LogP contribution < -0.4 is 0 Å². The molecule has 1 saturated carbocycles. The number of rotatable bonds is 4. The molecule has 1 aliphatic carbocycles. The molecular weight excluding hydrogens is 456 g/mol. The topological polar surface area (TPSA) is 33.2 Å². The van der Waals surface area contributed by atoms with Crippen LogP contribution in [0.2, 0.25) is 0 Å². The molecule has 1 saturated heterocycles. The third-order valence-corrected chi connectivity index (χ3v) is 8.03. The number of carbonyl (C=O) groups excluding carboxylic acids is 1. The number of pyridine rings is 1. The van der Waals surface area contributed by atoms with Crippen molar-refractivity contribution in [3.05, 3.63) is 77.2 Å². The summed E-state index contributed by atoms with van der Waals surface area (Å²) in [4.78, 5) is 20.0. The summed E-state index contributed by atoms with van der Waals surface area (Å²) >= 11 is 0. The lowest BCUT2D eigenvalue weighted by atomic mass is 9.62. The van der Waals surface area contributed by atoms with Gasteiger partial charge in [0, 0.05) is 37.0 Å². The Bertz CT molecular complexity index is 1230. The van der Waals surface area contributed by atoms with E-state index in [1.165, 1.54) is 18.2 Å². The third-order valence-electron chi connectivity index (χ3n) is 8.03. The van der Waals surface area contributed by atoms with Crippen LogP contribution in [0.25, 0.3) is 10.9 Å². The van der Waals surface area contributed by atoms with Crippen molar-refractivity contribution in [1.82, 2.24) is 9.88 Å². The lowest BCUT2D eigenvalue weighted by molar-refractivity contribution is -0.137. The van der Waals surface area contributed by atoms with Crippen LogP contribution in [0.1, 0.15) is 48.3 Å². The van der Waals surface area contributed by atoms with Gasteiger partial charge in [-0.25, -0.2) is 4.39 Å². The lowest BCUT2D eigenvalue weighted by Gasteiger charge is -2.41. The summed E-state index contributed by atoms with van der Waals surface area (Å²) in [6, 6.07) is 11.6. The molecule has 0 N–H and O–H groups in total. The predicted molar refractivity (Wildman–Crippen MR) is 126 cm³/mol. The van der Waals surface area contributed by atoms with Crippen molar-refractivity contribution >= 4 is 16.7 Å². The van der Waals surface area contributed by atoms with Gasteiger partial charge in [-0.15, -0.1) is 0 Å². The summed E-state index contributed by atoms with van der Waals surface area (Å²) in [5.74, 6) is -0.0266. The molecule has 2 fully saturated rings. The zero-order chi connectivity index (χ0) is 24.8. The number of carbonyl (C=O) groups is 1. The van der Waals surface area contributed by atoms with Gasteiger partial charge in [0.15, 0.2) is 0 Å². The van der Waals surface area contributed by atoms with E-state index < -0.39 is 11.7 Å². The minimum atomic E-state index is -4.38. The molecule has 1 atom stereocenters. The molecule has 7 heteroatoms. The van der Waals surface area contributed by atoms with E-state index in [1.54, 1.807) is 18.3 Å². The molecule has 1 aromatic heterocycles. The van der Waals surface area contributed by atoms with Gasteiger partial charge < -0.3 is 4.90 Å². The second kappa shape index (κ2) is 9.01. The molecule has 3 aromatic rings. The molecule has 184 valence electrons. The minimum Gasteiger partial charge on any atom is -0.305 e. The fourth-order valence-corrected chi connectivity index (χ4v) is 6.30. The number of ketones is 1. The van der Waals surface area contributed by atoms with Crippen LogP contribution in [-0.2, 0) is 17.4 Å². The van der Waals surface area contributed by atoms with Crippen LogP contribution in [0.3, 0.4) is 0 Å². The van der Waals surface area contributed by atoms with Gasteiger partial charge in [0.2, 0.25) is 0 Å². The highest BCUT2D eigenvalue weighted by Gasteiger charge is 2.50. The molecular formula is C28H28F4N2O. The molecule has 2 aromatic carbocycles. The van der Waals surface area contributed by atoms with Gasteiger partial charge in [-0.1, -0.05) is 12.1 Å². The van der Waals surface area contributed by atoms with Crippen LogP contribution in [0.4, 0.5) is 17.6 Å². The Morgan fingerprint density at radius 2 is 1.80 bits per heavy atom. The van der Waals surface area contributed by atoms with Gasteiger partial charge in [0.05, 0.1) is 11.1 Å². The van der Waals surface area contributed by atoms with Crippen molar-refractivity contribution in [2.24, 2.45) is 11.3 Å². The van der Waals surface area contributed by atoms with Crippen molar-refractivity contribution in [1.29, 1.82) is 0 Å². The summed E-state index contributed by atoms with van der Waals surface area (Å²) in [6.45, 7) is 1.52. The van der Waals surface area contributed by atoms with Gasteiger partial charge in [-0.3, -0.25) is 9.78 Å². The molecule has 5 rings (SSSR count). The maximum atomic E-state index is 13.9. The molecule has 1 aliphatic heterocycles. The van der Waals surface area contributed by atoms with Crippen molar-refractivity contribution < 1.29 is 22.4 Å². The standard InChI is InChI=1S/C28H28F4N2O/c1-34-16-24(26(35)14-18-2-4-20(5-3-18)28(30,31)32)27(17-34)11-8-19(9-12-27)22-10-13-33-25-7-6-21(29)15-23(22)25/h2-7,10,13,15,19,24H,8-9,11-12,14,16-17H2,1H3. The second-order valence-corrected chi connectivity index (χ2v) is 10.3. The maximum Gasteiger partial charge on any atom is 0.416 e. The summed E-state index contributed by atoms with van der Waals surface area (Å²) in [5, 5.41) is 0.854. The fraction of sp³-hybridized carbons (Fsp3) is 0.429. The van der Waals surface area contributed by atoms with E-state index in [9.17, 15) is 22.4 Å². The van der Waals surface area contributed by atoms with E-state index in [0.29, 0.717) is 12.1 Å². The monoisotopic (exact) mass is 484 g/mol. The second-order valence-electron chi connectivity index (χ2n) is 10.3. The fourth-order valence-electron chi connectivity index (χ4n) is 6.30. The van der Waals surface area contributed by atoms with Crippen molar-refractivity contribution in [3.63, 3.8) is 0 Å². The zero-order valence-corrected chi connectivity index (χ0v) is 19.6. The number of alkyl halides is 3. The molecule has 2 aliphatic rings. The normalized spacial score (nSPS) is 25.4. The quantitative estimate of drug-likeness (QED) is 0.401. The Labute approximate surface area is 202 Å². The van der Waals surface area contributed by atoms with Crippen molar-refractivity contribution in [2.75, 3.05) is 20.1 Å². The minimum absolute atomic E-state index is 0.101. The molecule has 2 heterocycles. The van der Waals surface area contributed by atoms with Crippen molar-refractivity contribution in [2.45, 2.75) is 44.2 Å². The van der Waals surface area contributed by atoms with Gasteiger partial charge in [-0.05, 0) is 91.6 Å². The van der Waals surface area contributed by atoms with E-state index in [4.69, 9.17) is 0 Å². The van der Waals surface area contributed by atoms with Crippen LogP contribution in [0.15, 0.2) is 54.7 Å². The number of hydrogen-bond acceptors (Lipinski definition) is 3. The Kier molecular flexibility index (Phi) is 6.16. The number of benzene rings is 2. The van der Waals surface area contributed by atoms with Crippen molar-refractivity contribution in [3.8, 4) is 0 Å². The first-order chi connectivity index (χ1) is 16.6. The molecule has 0 radical (unpaired) electrons. The first-order valence-electron chi connectivity index (χ1n) is 12.1. The zero-order valence-electron chi connectivity index (χ0n) is 19.6. The average molecular weight is 485 g/mol. The van der Waals surface area contributed by atoms with E-state index >= 15 is 0 Å². The molecule has 35 heavy (non-hydrogen) atoms. The van der Waals surface area contributed by atoms with Gasteiger partial charge >= 0.3 is 6.18 Å². The number of likely N-dealkylation sites (tertiary alicyclic amines) is 1. The summed E-state index contributed by atoms with van der Waals surface area (Å²) in [6.07, 6.45) is 1.15. The van der Waals surface area contributed by atoms with Crippen LogP contribution in [-0.4, -0.2) is 35.8 Å². The average Bonchev–Trinajstić information content (AvgIpc) is 3.14. The Balaban J connectivity index is 1.32. The first-order valence-corrected chi connectivity index (χ1v) is 12.1. The van der Waals surface area contributed by atoms with E-state index in [0.717, 1.165) is 60.8 Å². The highest BCUT2D eigenvalue weighted by Crippen LogP contribution is 2.52. The van der Waals surface area contributed by atoms with E-state index in [-0.39, 0.29) is 35.3 Å². The van der Waals surface area contributed by atoms with Crippen LogP contribution in [0.5, 0.6) is 0 Å².